The molecule has 0 aromatic carbocycles. The Kier molecular flexibility index (Phi) is 5.79. The Bertz CT molecular complexity index is 387. The first-order valence-electron chi connectivity index (χ1n) is 7.72. The van der Waals surface area contributed by atoms with Crippen molar-refractivity contribution < 1.29 is 4.52 Å². The van der Waals surface area contributed by atoms with E-state index in [2.05, 4.69) is 46.2 Å². The third-order valence-electron chi connectivity index (χ3n) is 3.84. The maximum atomic E-state index is 5.40. The van der Waals surface area contributed by atoms with Crippen LogP contribution in [0, 0.1) is 0 Å². The molecule has 1 aliphatic heterocycles. The number of hydrogen-bond donors (Lipinski definition) is 1. The summed E-state index contributed by atoms with van der Waals surface area (Å²) in [5, 5.41) is 7.64. The van der Waals surface area contributed by atoms with Crippen molar-refractivity contribution in [3.63, 3.8) is 0 Å². The molecule has 1 aromatic rings. The van der Waals surface area contributed by atoms with Gasteiger partial charge in [0.1, 0.15) is 0 Å². The molecule has 0 aliphatic carbocycles. The summed E-state index contributed by atoms with van der Waals surface area (Å²) in [6, 6.07) is 0.427. The Hall–Kier alpha value is -1.14. The van der Waals surface area contributed by atoms with Crippen LogP contribution in [0.15, 0.2) is 4.52 Å². The second kappa shape index (κ2) is 7.59. The van der Waals surface area contributed by atoms with Crippen molar-refractivity contribution in [2.24, 2.45) is 0 Å². The Morgan fingerprint density at radius 2 is 2.00 bits per heavy atom. The average molecular weight is 281 g/mol. The SMILES string of the molecule is CCCNC(CC)Cc1nc(N2CCN(C)CC2)no1. The van der Waals surface area contributed by atoms with E-state index >= 15 is 0 Å². The Morgan fingerprint density at radius 3 is 2.65 bits per heavy atom. The number of nitrogens with one attached hydrogen (secondary N) is 1. The lowest BCUT2D eigenvalue weighted by molar-refractivity contribution is 0.308. The van der Waals surface area contributed by atoms with Gasteiger partial charge in [0, 0.05) is 38.6 Å². The maximum Gasteiger partial charge on any atom is 0.266 e. The van der Waals surface area contributed by atoms with E-state index in [1.165, 1.54) is 0 Å². The fourth-order valence-electron chi connectivity index (χ4n) is 2.38. The number of likely N-dealkylation sites (N-methyl/N-ethyl adjacent to an activating group) is 1. The van der Waals surface area contributed by atoms with Gasteiger partial charge in [-0.15, -0.1) is 0 Å². The third kappa shape index (κ3) is 4.18. The normalized spacial score (nSPS) is 18.4. The lowest BCUT2D eigenvalue weighted by Crippen LogP contribution is -2.44. The summed E-state index contributed by atoms with van der Waals surface area (Å²) in [5.41, 5.74) is 0. The van der Waals surface area contributed by atoms with E-state index in [0.29, 0.717) is 6.04 Å². The van der Waals surface area contributed by atoms with Crippen LogP contribution in [0.4, 0.5) is 5.95 Å². The summed E-state index contributed by atoms with van der Waals surface area (Å²) in [7, 11) is 2.14. The van der Waals surface area contributed by atoms with Gasteiger partial charge in [0.05, 0.1) is 0 Å². The molecule has 2 rings (SSSR count). The first-order valence-corrected chi connectivity index (χ1v) is 7.72. The van der Waals surface area contributed by atoms with Gasteiger partial charge in [-0.05, 0) is 31.6 Å². The van der Waals surface area contributed by atoms with Gasteiger partial charge in [0.15, 0.2) is 0 Å². The van der Waals surface area contributed by atoms with Crippen molar-refractivity contribution in [2.45, 2.75) is 39.2 Å². The molecule has 0 spiro atoms. The first-order chi connectivity index (χ1) is 9.72. The van der Waals surface area contributed by atoms with Crippen molar-refractivity contribution in [1.82, 2.24) is 20.4 Å². The molecular weight excluding hydrogens is 254 g/mol. The van der Waals surface area contributed by atoms with Crippen LogP contribution in [-0.2, 0) is 6.42 Å². The van der Waals surface area contributed by atoms with Gasteiger partial charge in [-0.1, -0.05) is 13.8 Å². The zero-order chi connectivity index (χ0) is 14.4. The molecule has 0 radical (unpaired) electrons. The van der Waals surface area contributed by atoms with Crippen LogP contribution in [0.5, 0.6) is 0 Å². The maximum absolute atomic E-state index is 5.40. The van der Waals surface area contributed by atoms with Crippen LogP contribution in [0.3, 0.4) is 0 Å². The van der Waals surface area contributed by atoms with Gasteiger partial charge in [-0.3, -0.25) is 0 Å². The van der Waals surface area contributed by atoms with Gasteiger partial charge in [0.25, 0.3) is 5.95 Å². The minimum Gasteiger partial charge on any atom is -0.337 e. The number of nitrogens with zero attached hydrogens (tertiary/aromatic N) is 4. The molecule has 1 aromatic heterocycles. The molecule has 1 unspecified atom stereocenters. The van der Waals surface area contributed by atoms with Crippen molar-refractivity contribution >= 4 is 5.95 Å². The van der Waals surface area contributed by atoms with Crippen LogP contribution in [0.1, 0.15) is 32.6 Å². The summed E-state index contributed by atoms with van der Waals surface area (Å²) in [6.45, 7) is 9.46. The summed E-state index contributed by atoms with van der Waals surface area (Å²) in [6.07, 6.45) is 3.04. The second-order valence-electron chi connectivity index (χ2n) is 5.54. The monoisotopic (exact) mass is 281 g/mol. The third-order valence-corrected chi connectivity index (χ3v) is 3.84. The van der Waals surface area contributed by atoms with E-state index in [1.54, 1.807) is 0 Å². The molecule has 20 heavy (non-hydrogen) atoms. The molecular formula is C14H27N5O. The molecule has 1 saturated heterocycles. The second-order valence-corrected chi connectivity index (χ2v) is 5.54. The van der Waals surface area contributed by atoms with Crippen LogP contribution < -0.4 is 10.2 Å². The number of rotatable bonds is 7. The molecule has 0 saturated carbocycles. The minimum absolute atomic E-state index is 0.427. The predicted octanol–water partition coefficient (Wildman–Crippen LogP) is 1.14. The Balaban J connectivity index is 1.88. The largest absolute Gasteiger partial charge is 0.337 e. The molecule has 2 heterocycles. The van der Waals surface area contributed by atoms with Crippen LogP contribution in [-0.4, -0.2) is 60.9 Å². The van der Waals surface area contributed by atoms with Crippen molar-refractivity contribution in [2.75, 3.05) is 44.7 Å². The van der Waals surface area contributed by atoms with Gasteiger partial charge in [-0.2, -0.15) is 4.98 Å². The molecule has 1 N–H and O–H groups in total. The van der Waals surface area contributed by atoms with E-state index in [9.17, 15) is 0 Å². The van der Waals surface area contributed by atoms with Crippen LogP contribution >= 0.6 is 0 Å². The Morgan fingerprint density at radius 1 is 1.25 bits per heavy atom. The molecule has 1 aliphatic rings. The van der Waals surface area contributed by atoms with Gasteiger partial charge >= 0.3 is 0 Å². The summed E-state index contributed by atoms with van der Waals surface area (Å²) < 4.78 is 5.40. The topological polar surface area (TPSA) is 57.4 Å². The van der Waals surface area contributed by atoms with Gasteiger partial charge in [0.2, 0.25) is 5.89 Å². The fourth-order valence-corrected chi connectivity index (χ4v) is 2.38. The van der Waals surface area contributed by atoms with Crippen LogP contribution in [0.25, 0.3) is 0 Å². The molecule has 6 nitrogen and oxygen atoms in total. The predicted molar refractivity (Wildman–Crippen MR) is 80.1 cm³/mol. The van der Waals surface area contributed by atoms with Gasteiger partial charge < -0.3 is 19.6 Å². The smallest absolute Gasteiger partial charge is 0.266 e. The van der Waals surface area contributed by atoms with Crippen LogP contribution in [0.2, 0.25) is 0 Å². The summed E-state index contributed by atoms with van der Waals surface area (Å²) in [4.78, 5) is 9.06. The number of piperazine rings is 1. The molecule has 114 valence electrons. The lowest BCUT2D eigenvalue weighted by atomic mass is 10.1. The van der Waals surface area contributed by atoms with E-state index < -0.39 is 0 Å². The average Bonchev–Trinajstić information content (AvgIpc) is 2.92. The number of anilines is 1. The highest BCUT2D eigenvalue weighted by Crippen LogP contribution is 2.13. The van der Waals surface area contributed by atoms with Crippen molar-refractivity contribution in [1.29, 1.82) is 0 Å². The quantitative estimate of drug-likeness (QED) is 0.809. The highest BCUT2D eigenvalue weighted by atomic mass is 16.5. The number of aromatic nitrogens is 2. The molecule has 6 heteroatoms. The lowest BCUT2D eigenvalue weighted by Gasteiger charge is -2.31. The Labute approximate surface area is 121 Å². The van der Waals surface area contributed by atoms with E-state index in [0.717, 1.165) is 63.8 Å². The molecule has 1 fully saturated rings. The molecule has 0 bridgehead atoms. The highest BCUT2D eigenvalue weighted by Gasteiger charge is 2.20. The standard InChI is InChI=1S/C14H27N5O/c1-4-6-15-12(5-2)11-13-16-14(17-20-13)19-9-7-18(3)8-10-19/h12,15H,4-11H2,1-3H3. The molecule has 0 amide bonds. The van der Waals surface area contributed by atoms with E-state index in [-0.39, 0.29) is 0 Å². The number of hydrogen-bond acceptors (Lipinski definition) is 6. The van der Waals surface area contributed by atoms with Crippen molar-refractivity contribution in [3.8, 4) is 0 Å². The zero-order valence-electron chi connectivity index (χ0n) is 12.9. The minimum atomic E-state index is 0.427. The fraction of sp³-hybridized carbons (Fsp3) is 0.857. The first kappa shape index (κ1) is 15.3. The molecule has 1 atom stereocenters. The van der Waals surface area contributed by atoms with E-state index in [4.69, 9.17) is 4.52 Å². The van der Waals surface area contributed by atoms with E-state index in [1.807, 2.05) is 0 Å². The highest BCUT2D eigenvalue weighted by molar-refractivity contribution is 5.28. The van der Waals surface area contributed by atoms with Gasteiger partial charge in [-0.25, -0.2) is 0 Å². The van der Waals surface area contributed by atoms with Crippen molar-refractivity contribution in [3.05, 3.63) is 5.89 Å². The summed E-state index contributed by atoms with van der Waals surface area (Å²) >= 11 is 0. The summed E-state index contributed by atoms with van der Waals surface area (Å²) in [5.74, 6) is 1.49. The zero-order valence-corrected chi connectivity index (χ0v) is 12.9.